The molecule has 6 nitrogen and oxygen atoms in total. The van der Waals surface area contributed by atoms with Gasteiger partial charge in [-0.1, -0.05) is 12.1 Å². The van der Waals surface area contributed by atoms with E-state index in [-0.39, 0.29) is 5.91 Å². The van der Waals surface area contributed by atoms with Gasteiger partial charge in [0.15, 0.2) is 0 Å². The lowest BCUT2D eigenvalue weighted by Crippen LogP contribution is -2.49. The molecule has 1 fully saturated rings. The summed E-state index contributed by atoms with van der Waals surface area (Å²) >= 11 is 0. The van der Waals surface area contributed by atoms with E-state index in [1.54, 1.807) is 11.8 Å². The molecule has 0 saturated carbocycles. The summed E-state index contributed by atoms with van der Waals surface area (Å²) in [6.45, 7) is 5.04. The standard InChI is InChI=1S/C18H24N4O2/c1-14-12-15(20(2)19-14)13-18(23)22-10-8-21(9-11-22)16-6-4-5-7-17(16)24-3/h4-7,12H,8-11,13H2,1-3H3. The molecule has 2 aromatic rings. The average molecular weight is 328 g/mol. The minimum atomic E-state index is 0.165. The van der Waals surface area contributed by atoms with Crippen LogP contribution in [-0.2, 0) is 18.3 Å². The van der Waals surface area contributed by atoms with E-state index in [2.05, 4.69) is 16.1 Å². The van der Waals surface area contributed by atoms with Gasteiger partial charge in [0, 0.05) is 38.9 Å². The Balaban J connectivity index is 1.60. The van der Waals surface area contributed by atoms with Crippen molar-refractivity contribution >= 4 is 11.6 Å². The Labute approximate surface area is 142 Å². The molecule has 1 saturated heterocycles. The van der Waals surface area contributed by atoms with Crippen molar-refractivity contribution in [3.63, 3.8) is 0 Å². The second-order valence-electron chi connectivity index (χ2n) is 6.12. The largest absolute Gasteiger partial charge is 0.495 e. The SMILES string of the molecule is COc1ccccc1N1CCN(C(=O)Cc2cc(C)nn2C)CC1. The van der Waals surface area contributed by atoms with E-state index in [0.29, 0.717) is 6.42 Å². The number of amides is 1. The van der Waals surface area contributed by atoms with Crippen LogP contribution in [0.3, 0.4) is 0 Å². The first kappa shape index (κ1) is 16.4. The molecule has 24 heavy (non-hydrogen) atoms. The van der Waals surface area contributed by atoms with Crippen LogP contribution < -0.4 is 9.64 Å². The van der Waals surface area contributed by atoms with Crippen LogP contribution in [0, 0.1) is 6.92 Å². The zero-order chi connectivity index (χ0) is 17.1. The first-order valence-electron chi connectivity index (χ1n) is 8.23. The van der Waals surface area contributed by atoms with E-state index in [4.69, 9.17) is 4.74 Å². The number of rotatable bonds is 4. The molecule has 6 heteroatoms. The number of hydrogen-bond acceptors (Lipinski definition) is 4. The van der Waals surface area contributed by atoms with E-state index in [0.717, 1.165) is 49.0 Å². The number of anilines is 1. The molecule has 0 radical (unpaired) electrons. The zero-order valence-corrected chi connectivity index (χ0v) is 14.5. The minimum Gasteiger partial charge on any atom is -0.495 e. The van der Waals surface area contributed by atoms with Crippen LogP contribution in [0.2, 0.25) is 0 Å². The van der Waals surface area contributed by atoms with Crippen molar-refractivity contribution in [3.05, 3.63) is 41.7 Å². The smallest absolute Gasteiger partial charge is 0.228 e. The van der Waals surface area contributed by atoms with Gasteiger partial charge in [-0.2, -0.15) is 5.10 Å². The average Bonchev–Trinajstić information content (AvgIpc) is 2.92. The Morgan fingerprint density at radius 2 is 1.92 bits per heavy atom. The molecule has 1 aromatic carbocycles. The third-order valence-electron chi connectivity index (χ3n) is 4.49. The van der Waals surface area contributed by atoms with Crippen LogP contribution in [0.25, 0.3) is 0 Å². The van der Waals surface area contributed by atoms with Crippen molar-refractivity contribution in [3.8, 4) is 5.75 Å². The molecule has 0 spiro atoms. The fourth-order valence-electron chi connectivity index (χ4n) is 3.18. The van der Waals surface area contributed by atoms with Crippen LogP contribution in [0.15, 0.2) is 30.3 Å². The van der Waals surface area contributed by atoms with Crippen molar-refractivity contribution in [1.82, 2.24) is 14.7 Å². The summed E-state index contributed by atoms with van der Waals surface area (Å²) in [6.07, 6.45) is 0.409. The predicted molar refractivity (Wildman–Crippen MR) is 93.4 cm³/mol. The van der Waals surface area contributed by atoms with E-state index in [1.807, 2.05) is 43.1 Å². The van der Waals surface area contributed by atoms with Gasteiger partial charge in [0.25, 0.3) is 0 Å². The highest BCUT2D eigenvalue weighted by molar-refractivity contribution is 5.78. The third-order valence-corrected chi connectivity index (χ3v) is 4.49. The maximum Gasteiger partial charge on any atom is 0.228 e. The topological polar surface area (TPSA) is 50.6 Å². The normalized spacial score (nSPS) is 14.8. The van der Waals surface area contributed by atoms with Crippen LogP contribution >= 0.6 is 0 Å². The van der Waals surface area contributed by atoms with Gasteiger partial charge in [-0.3, -0.25) is 9.48 Å². The quantitative estimate of drug-likeness (QED) is 0.856. The first-order chi connectivity index (χ1) is 11.6. The molecule has 2 heterocycles. The molecule has 3 rings (SSSR count). The predicted octanol–water partition coefficient (Wildman–Crippen LogP) is 1.63. The van der Waals surface area contributed by atoms with Crippen LogP contribution in [0.1, 0.15) is 11.4 Å². The van der Waals surface area contributed by atoms with Gasteiger partial charge >= 0.3 is 0 Å². The number of aryl methyl sites for hydroxylation is 2. The molecular formula is C18H24N4O2. The van der Waals surface area contributed by atoms with Crippen LogP contribution in [0.4, 0.5) is 5.69 Å². The summed E-state index contributed by atoms with van der Waals surface area (Å²) in [5.41, 5.74) is 3.00. The van der Waals surface area contributed by atoms with E-state index in [9.17, 15) is 4.79 Å². The number of ether oxygens (including phenoxy) is 1. The molecule has 1 aliphatic rings. The van der Waals surface area contributed by atoms with Crippen molar-refractivity contribution in [2.45, 2.75) is 13.3 Å². The summed E-state index contributed by atoms with van der Waals surface area (Å²) in [5.74, 6) is 1.04. The molecule has 1 aromatic heterocycles. The maximum atomic E-state index is 12.5. The summed E-state index contributed by atoms with van der Waals surface area (Å²) in [7, 11) is 3.57. The highest BCUT2D eigenvalue weighted by atomic mass is 16.5. The van der Waals surface area contributed by atoms with Gasteiger partial charge in [0.05, 0.1) is 24.9 Å². The number of para-hydroxylation sites is 2. The Morgan fingerprint density at radius 1 is 1.21 bits per heavy atom. The number of hydrogen-bond donors (Lipinski definition) is 0. The molecule has 1 aliphatic heterocycles. The molecule has 0 atom stereocenters. The number of benzene rings is 1. The van der Waals surface area contributed by atoms with Gasteiger partial charge in [-0.25, -0.2) is 0 Å². The fraction of sp³-hybridized carbons (Fsp3) is 0.444. The highest BCUT2D eigenvalue weighted by Gasteiger charge is 2.23. The zero-order valence-electron chi connectivity index (χ0n) is 14.5. The number of nitrogens with zero attached hydrogens (tertiary/aromatic N) is 4. The number of carbonyl (C=O) groups is 1. The van der Waals surface area contributed by atoms with Gasteiger partial charge in [-0.15, -0.1) is 0 Å². The van der Waals surface area contributed by atoms with E-state index >= 15 is 0 Å². The second-order valence-corrected chi connectivity index (χ2v) is 6.12. The van der Waals surface area contributed by atoms with Crippen molar-refractivity contribution in [2.75, 3.05) is 38.2 Å². The molecule has 0 bridgehead atoms. The van der Waals surface area contributed by atoms with Gasteiger partial charge in [-0.05, 0) is 25.1 Å². The summed E-state index contributed by atoms with van der Waals surface area (Å²) in [4.78, 5) is 16.8. The summed E-state index contributed by atoms with van der Waals surface area (Å²) in [5, 5.41) is 4.30. The lowest BCUT2D eigenvalue weighted by atomic mass is 10.2. The molecule has 0 unspecified atom stereocenters. The van der Waals surface area contributed by atoms with Crippen molar-refractivity contribution < 1.29 is 9.53 Å². The second kappa shape index (κ2) is 6.95. The molecule has 128 valence electrons. The van der Waals surface area contributed by atoms with E-state index in [1.165, 1.54) is 0 Å². The third kappa shape index (κ3) is 3.37. The summed E-state index contributed by atoms with van der Waals surface area (Å²) in [6, 6.07) is 9.99. The lowest BCUT2D eigenvalue weighted by Gasteiger charge is -2.36. The molecule has 1 amide bonds. The van der Waals surface area contributed by atoms with Crippen molar-refractivity contribution in [2.24, 2.45) is 7.05 Å². The molecular weight excluding hydrogens is 304 g/mol. The van der Waals surface area contributed by atoms with Crippen molar-refractivity contribution in [1.29, 1.82) is 0 Å². The maximum absolute atomic E-state index is 12.5. The highest BCUT2D eigenvalue weighted by Crippen LogP contribution is 2.28. The summed E-state index contributed by atoms with van der Waals surface area (Å²) < 4.78 is 7.23. The Morgan fingerprint density at radius 3 is 2.54 bits per heavy atom. The van der Waals surface area contributed by atoms with Crippen LogP contribution in [-0.4, -0.2) is 53.9 Å². The van der Waals surface area contributed by atoms with Gasteiger partial charge < -0.3 is 14.5 Å². The number of piperazine rings is 1. The van der Waals surface area contributed by atoms with Gasteiger partial charge in [0.1, 0.15) is 5.75 Å². The number of aromatic nitrogens is 2. The lowest BCUT2D eigenvalue weighted by molar-refractivity contribution is -0.130. The van der Waals surface area contributed by atoms with E-state index < -0.39 is 0 Å². The first-order valence-corrected chi connectivity index (χ1v) is 8.23. The van der Waals surface area contributed by atoms with Gasteiger partial charge in [0.2, 0.25) is 5.91 Å². The monoisotopic (exact) mass is 328 g/mol. The molecule has 0 aliphatic carbocycles. The Hall–Kier alpha value is -2.50. The Bertz CT molecular complexity index is 718. The Kier molecular flexibility index (Phi) is 4.74. The molecule has 0 N–H and O–H groups in total. The number of methoxy groups -OCH3 is 1. The van der Waals surface area contributed by atoms with Crippen LogP contribution in [0.5, 0.6) is 5.75 Å². The fourth-order valence-corrected chi connectivity index (χ4v) is 3.18. The minimum absolute atomic E-state index is 0.165. The number of carbonyl (C=O) groups excluding carboxylic acids is 1.